The van der Waals surface area contributed by atoms with Crippen molar-refractivity contribution in [3.8, 4) is 0 Å². The Kier molecular flexibility index (Phi) is 7.27. The van der Waals surface area contributed by atoms with Crippen LogP contribution in [0.4, 0.5) is 19.6 Å². The summed E-state index contributed by atoms with van der Waals surface area (Å²) in [5.74, 6) is -0.682. The van der Waals surface area contributed by atoms with Crippen molar-refractivity contribution in [2.24, 2.45) is 5.92 Å². The second kappa shape index (κ2) is 9.72. The maximum atomic E-state index is 14.6. The molecule has 0 spiro atoms. The van der Waals surface area contributed by atoms with Crippen LogP contribution in [-0.4, -0.2) is 19.9 Å². The molecule has 0 bridgehead atoms. The number of rotatable bonds is 9. The molecule has 0 saturated carbocycles. The van der Waals surface area contributed by atoms with Gasteiger partial charge >= 0.3 is 0 Å². The number of sulfonamides is 1. The number of thiazole rings is 1. The number of nitrogens with one attached hydrogen (secondary N) is 2. The third-order valence-corrected chi connectivity index (χ3v) is 7.03. The number of nitrogens with zero attached hydrogens (tertiary/aromatic N) is 1. The van der Waals surface area contributed by atoms with Crippen molar-refractivity contribution in [1.82, 2.24) is 4.98 Å². The second-order valence-electron chi connectivity index (χ2n) is 6.68. The Balaban J connectivity index is 1.72. The average molecular weight is 472 g/mol. The lowest BCUT2D eigenvalue weighted by Gasteiger charge is -2.18. The highest BCUT2D eigenvalue weighted by Crippen LogP contribution is 2.30. The maximum absolute atomic E-state index is 14.6. The highest BCUT2D eigenvalue weighted by molar-refractivity contribution is 7.93. The molecule has 10 heteroatoms. The van der Waals surface area contributed by atoms with Crippen LogP contribution in [0.25, 0.3) is 0 Å². The molecule has 2 N–H and O–H groups in total. The van der Waals surface area contributed by atoms with Gasteiger partial charge in [0.2, 0.25) is 0 Å². The predicted molar refractivity (Wildman–Crippen MR) is 117 cm³/mol. The molecule has 3 rings (SSSR count). The van der Waals surface area contributed by atoms with Crippen molar-refractivity contribution >= 4 is 43.8 Å². The molecule has 5 nitrogen and oxygen atoms in total. The van der Waals surface area contributed by atoms with Gasteiger partial charge in [0.1, 0.15) is 10.7 Å². The van der Waals surface area contributed by atoms with E-state index in [1.54, 1.807) is 0 Å². The van der Waals surface area contributed by atoms with Gasteiger partial charge in [-0.1, -0.05) is 66.6 Å². The van der Waals surface area contributed by atoms with E-state index in [2.05, 4.69) is 34.1 Å². The molecule has 0 aliphatic heterocycles. The van der Waals surface area contributed by atoms with E-state index in [1.165, 1.54) is 5.56 Å². The lowest BCUT2D eigenvalue weighted by atomic mass is 9.97. The van der Waals surface area contributed by atoms with Crippen LogP contribution in [0, 0.1) is 16.9 Å². The predicted octanol–water partition coefficient (Wildman–Crippen LogP) is 5.56. The van der Waals surface area contributed by atoms with Gasteiger partial charge in [-0.15, -0.1) is 0 Å². The van der Waals surface area contributed by atoms with Crippen LogP contribution in [0.15, 0.2) is 53.6 Å². The minimum absolute atomic E-state index is 0.0664. The van der Waals surface area contributed by atoms with E-state index in [1.807, 2.05) is 18.2 Å². The monoisotopic (exact) mass is 471 g/mol. The molecule has 0 aliphatic carbocycles. The lowest BCUT2D eigenvalue weighted by molar-refractivity contribution is 0.533. The minimum Gasteiger partial charge on any atom is -0.383 e. The van der Waals surface area contributed by atoms with E-state index in [0.29, 0.717) is 23.6 Å². The zero-order valence-corrected chi connectivity index (χ0v) is 18.4. The zero-order valence-electron chi connectivity index (χ0n) is 16.0. The summed E-state index contributed by atoms with van der Waals surface area (Å²) in [4.78, 5) is 2.94. The first-order chi connectivity index (χ1) is 14.3. The molecular weight excluding hydrogens is 452 g/mol. The van der Waals surface area contributed by atoms with Crippen molar-refractivity contribution < 1.29 is 17.2 Å². The molecule has 0 aliphatic rings. The molecule has 1 heterocycles. The highest BCUT2D eigenvalue weighted by Gasteiger charge is 2.23. The van der Waals surface area contributed by atoms with Crippen molar-refractivity contribution in [2.45, 2.75) is 24.7 Å². The Morgan fingerprint density at radius 1 is 1.20 bits per heavy atom. The first-order valence-corrected chi connectivity index (χ1v) is 11.9. The van der Waals surface area contributed by atoms with Gasteiger partial charge in [0.25, 0.3) is 10.0 Å². The van der Waals surface area contributed by atoms with Gasteiger partial charge in [-0.3, -0.25) is 4.72 Å². The Labute approximate surface area is 183 Å². The molecule has 1 atom stereocenters. The van der Waals surface area contributed by atoms with Gasteiger partial charge in [0, 0.05) is 6.54 Å². The largest absolute Gasteiger partial charge is 0.383 e. The third kappa shape index (κ3) is 5.68. The smallest absolute Gasteiger partial charge is 0.266 e. The number of hydrogen-bond donors (Lipinski definition) is 2. The summed E-state index contributed by atoms with van der Waals surface area (Å²) in [6.07, 6.45) is 2.63. The highest BCUT2D eigenvalue weighted by atomic mass is 35.5. The standard InChI is InChI=1S/C20H20ClF2N3O2S2/c1-2-13(8-14-6-4-3-5-7-14)11-24-17-10-16(22)18(9-15(17)21)30(27,28)26-20-25-12-19(23)29-20/h3-7,9-10,12-13,24H,2,8,11H2,1H3,(H,25,26)/t13-/m0/s1. The molecule has 0 fully saturated rings. The molecule has 0 unspecified atom stereocenters. The van der Waals surface area contributed by atoms with Crippen molar-refractivity contribution in [2.75, 3.05) is 16.6 Å². The molecule has 2 aromatic carbocycles. The summed E-state index contributed by atoms with van der Waals surface area (Å²) in [5, 5.41) is 2.32. The van der Waals surface area contributed by atoms with E-state index in [4.69, 9.17) is 11.6 Å². The number of benzene rings is 2. The summed E-state index contributed by atoms with van der Waals surface area (Å²) in [5.41, 5.74) is 1.51. The molecule has 160 valence electrons. The molecule has 0 saturated heterocycles. The fraction of sp³-hybridized carbons (Fsp3) is 0.250. The van der Waals surface area contributed by atoms with Crippen molar-refractivity contribution in [1.29, 1.82) is 0 Å². The van der Waals surface area contributed by atoms with E-state index in [9.17, 15) is 17.2 Å². The molecule has 3 aromatic rings. The van der Waals surface area contributed by atoms with Gasteiger partial charge < -0.3 is 5.32 Å². The van der Waals surface area contributed by atoms with E-state index < -0.39 is 25.9 Å². The summed E-state index contributed by atoms with van der Waals surface area (Å²) >= 11 is 6.71. The fourth-order valence-electron chi connectivity index (χ4n) is 2.90. The van der Waals surface area contributed by atoms with Crippen molar-refractivity contribution in [3.05, 3.63) is 70.2 Å². The van der Waals surface area contributed by atoms with Crippen LogP contribution in [0.3, 0.4) is 0 Å². The second-order valence-corrected chi connectivity index (χ2v) is 9.72. The normalized spacial score (nSPS) is 12.5. The minimum atomic E-state index is -4.30. The van der Waals surface area contributed by atoms with Crippen LogP contribution in [0.5, 0.6) is 0 Å². The van der Waals surface area contributed by atoms with Gasteiger partial charge in [-0.25, -0.2) is 17.8 Å². The molecular formula is C20H20ClF2N3O2S2. The van der Waals surface area contributed by atoms with Gasteiger partial charge in [-0.2, -0.15) is 4.39 Å². The number of hydrogen-bond acceptors (Lipinski definition) is 5. The summed E-state index contributed by atoms with van der Waals surface area (Å²) in [6, 6.07) is 12.1. The van der Waals surface area contributed by atoms with E-state index in [-0.39, 0.29) is 16.1 Å². The topological polar surface area (TPSA) is 71.1 Å². The third-order valence-electron chi connectivity index (χ3n) is 4.54. The van der Waals surface area contributed by atoms with E-state index in [0.717, 1.165) is 31.2 Å². The Morgan fingerprint density at radius 3 is 2.57 bits per heavy atom. The van der Waals surface area contributed by atoms with Crippen LogP contribution in [0.2, 0.25) is 5.02 Å². The van der Waals surface area contributed by atoms with Gasteiger partial charge in [0.05, 0.1) is 16.9 Å². The lowest BCUT2D eigenvalue weighted by Crippen LogP contribution is -2.17. The summed E-state index contributed by atoms with van der Waals surface area (Å²) < 4.78 is 54.5. The summed E-state index contributed by atoms with van der Waals surface area (Å²) in [6.45, 7) is 2.62. The Hall–Kier alpha value is -2.23. The van der Waals surface area contributed by atoms with Gasteiger partial charge in [-0.05, 0) is 30.0 Å². The van der Waals surface area contributed by atoms with Crippen LogP contribution >= 0.6 is 22.9 Å². The summed E-state index contributed by atoms with van der Waals surface area (Å²) in [7, 11) is -4.30. The van der Waals surface area contributed by atoms with Gasteiger partial charge in [0.15, 0.2) is 10.3 Å². The quantitative estimate of drug-likeness (QED) is 0.429. The number of aromatic nitrogens is 1. The zero-order chi connectivity index (χ0) is 21.7. The Bertz CT molecular complexity index is 1110. The molecule has 1 aromatic heterocycles. The molecule has 0 amide bonds. The number of halogens is 3. The van der Waals surface area contributed by atoms with Crippen LogP contribution in [-0.2, 0) is 16.4 Å². The van der Waals surface area contributed by atoms with Crippen molar-refractivity contribution in [3.63, 3.8) is 0 Å². The van der Waals surface area contributed by atoms with Crippen LogP contribution in [0.1, 0.15) is 18.9 Å². The average Bonchev–Trinajstić information content (AvgIpc) is 3.11. The van der Waals surface area contributed by atoms with E-state index >= 15 is 0 Å². The first kappa shape index (κ1) is 22.5. The SMILES string of the molecule is CC[C@H](CNc1cc(F)c(S(=O)(=O)Nc2ncc(F)s2)cc1Cl)Cc1ccccc1. The number of anilines is 2. The molecule has 0 radical (unpaired) electrons. The van der Waals surface area contributed by atoms with Crippen LogP contribution < -0.4 is 10.0 Å². The maximum Gasteiger partial charge on any atom is 0.266 e. The first-order valence-electron chi connectivity index (χ1n) is 9.19. The fourth-order valence-corrected chi connectivity index (χ4v) is 5.07. The Morgan fingerprint density at radius 2 is 1.93 bits per heavy atom. The molecule has 30 heavy (non-hydrogen) atoms.